The van der Waals surface area contributed by atoms with Crippen molar-refractivity contribution < 1.29 is 14.6 Å². The van der Waals surface area contributed by atoms with E-state index in [1.165, 1.54) is 11.8 Å². The van der Waals surface area contributed by atoms with Crippen LogP contribution >= 0.6 is 11.8 Å². The van der Waals surface area contributed by atoms with Crippen LogP contribution in [0.5, 0.6) is 5.75 Å². The van der Waals surface area contributed by atoms with E-state index < -0.39 is 5.97 Å². The summed E-state index contributed by atoms with van der Waals surface area (Å²) in [4.78, 5) is 14.9. The van der Waals surface area contributed by atoms with Crippen molar-refractivity contribution in [3.8, 4) is 22.8 Å². The maximum Gasteiger partial charge on any atom is 0.304 e. The van der Waals surface area contributed by atoms with E-state index in [0.29, 0.717) is 22.5 Å². The number of hydrogen-bond donors (Lipinski definition) is 1. The van der Waals surface area contributed by atoms with Crippen molar-refractivity contribution in [3.05, 3.63) is 48.8 Å². The molecule has 7 nitrogen and oxygen atoms in total. The Bertz CT molecular complexity index is 867. The van der Waals surface area contributed by atoms with Crippen LogP contribution in [-0.2, 0) is 4.79 Å². The Balaban J connectivity index is 2.08. The number of aromatic nitrogens is 4. The number of aliphatic carboxylic acids is 1. The number of nitrogens with zero attached hydrogens (tertiary/aromatic N) is 4. The van der Waals surface area contributed by atoms with Crippen molar-refractivity contribution in [2.24, 2.45) is 0 Å². The first-order valence-electron chi connectivity index (χ1n) is 7.54. The van der Waals surface area contributed by atoms with E-state index in [1.807, 2.05) is 41.0 Å². The molecule has 0 atom stereocenters. The summed E-state index contributed by atoms with van der Waals surface area (Å²) >= 11 is 1.34. The molecule has 0 aliphatic heterocycles. The third kappa shape index (κ3) is 3.80. The van der Waals surface area contributed by atoms with Crippen molar-refractivity contribution in [2.45, 2.75) is 11.6 Å². The average molecular weight is 356 g/mol. The van der Waals surface area contributed by atoms with E-state index in [9.17, 15) is 4.79 Å². The summed E-state index contributed by atoms with van der Waals surface area (Å²) in [6.07, 6.45) is 3.45. The Kier molecular flexibility index (Phi) is 5.30. The van der Waals surface area contributed by atoms with Gasteiger partial charge in [0.05, 0.1) is 19.2 Å². The maximum atomic E-state index is 10.8. The van der Waals surface area contributed by atoms with Gasteiger partial charge < -0.3 is 9.84 Å². The van der Waals surface area contributed by atoms with Crippen LogP contribution in [0.2, 0.25) is 0 Å². The lowest BCUT2D eigenvalue weighted by Gasteiger charge is -2.13. The molecule has 3 aromatic rings. The lowest BCUT2D eigenvalue weighted by atomic mass is 10.2. The minimum atomic E-state index is -0.844. The Morgan fingerprint density at radius 2 is 2.08 bits per heavy atom. The van der Waals surface area contributed by atoms with E-state index in [-0.39, 0.29) is 6.42 Å². The van der Waals surface area contributed by atoms with Crippen LogP contribution in [0, 0.1) is 0 Å². The Hall–Kier alpha value is -2.87. The molecule has 0 radical (unpaired) electrons. The second kappa shape index (κ2) is 7.80. The van der Waals surface area contributed by atoms with Gasteiger partial charge in [0.2, 0.25) is 0 Å². The third-order valence-electron chi connectivity index (χ3n) is 3.43. The lowest BCUT2D eigenvalue weighted by molar-refractivity contribution is -0.136. The molecule has 128 valence electrons. The van der Waals surface area contributed by atoms with Gasteiger partial charge in [-0.3, -0.25) is 14.3 Å². The number of methoxy groups -OCH3 is 1. The quantitative estimate of drug-likeness (QED) is 0.651. The van der Waals surface area contributed by atoms with Crippen LogP contribution in [-0.4, -0.2) is 43.7 Å². The van der Waals surface area contributed by atoms with E-state index in [4.69, 9.17) is 9.84 Å². The summed E-state index contributed by atoms with van der Waals surface area (Å²) < 4.78 is 7.33. The molecule has 25 heavy (non-hydrogen) atoms. The molecular weight excluding hydrogens is 340 g/mol. The van der Waals surface area contributed by atoms with Gasteiger partial charge in [-0.15, -0.1) is 10.2 Å². The van der Waals surface area contributed by atoms with Crippen LogP contribution in [0.15, 0.2) is 53.9 Å². The van der Waals surface area contributed by atoms with Crippen molar-refractivity contribution in [2.75, 3.05) is 12.9 Å². The molecular formula is C17H16N4O3S. The van der Waals surface area contributed by atoms with Gasteiger partial charge in [0.25, 0.3) is 0 Å². The smallest absolute Gasteiger partial charge is 0.304 e. The van der Waals surface area contributed by atoms with Crippen molar-refractivity contribution in [1.29, 1.82) is 0 Å². The number of para-hydroxylation sites is 2. The van der Waals surface area contributed by atoms with Crippen LogP contribution in [0.1, 0.15) is 6.42 Å². The van der Waals surface area contributed by atoms with Gasteiger partial charge in [-0.2, -0.15) is 0 Å². The molecule has 3 rings (SSSR count). The number of pyridine rings is 1. The number of carbonyl (C=O) groups is 1. The van der Waals surface area contributed by atoms with Crippen LogP contribution in [0.3, 0.4) is 0 Å². The molecule has 1 aromatic carbocycles. The third-order valence-corrected chi connectivity index (χ3v) is 4.36. The van der Waals surface area contributed by atoms with Crippen molar-refractivity contribution in [1.82, 2.24) is 19.7 Å². The van der Waals surface area contributed by atoms with Crippen LogP contribution < -0.4 is 4.74 Å². The summed E-state index contributed by atoms with van der Waals surface area (Å²) in [5, 5.41) is 18.0. The highest BCUT2D eigenvalue weighted by atomic mass is 32.2. The Morgan fingerprint density at radius 1 is 1.24 bits per heavy atom. The largest absolute Gasteiger partial charge is 0.495 e. The fraction of sp³-hybridized carbons (Fsp3) is 0.176. The number of carboxylic acid groups (broad SMARTS) is 1. The number of carboxylic acids is 1. The summed E-state index contributed by atoms with van der Waals surface area (Å²) in [6, 6.07) is 11.3. The number of benzene rings is 1. The molecule has 0 bridgehead atoms. The second-order valence-corrected chi connectivity index (χ2v) is 6.11. The molecule has 0 saturated heterocycles. The number of rotatable bonds is 7. The normalized spacial score (nSPS) is 10.6. The summed E-state index contributed by atoms with van der Waals surface area (Å²) in [5.74, 6) is 0.849. The highest BCUT2D eigenvalue weighted by Gasteiger charge is 2.19. The maximum absolute atomic E-state index is 10.8. The molecule has 0 spiro atoms. The van der Waals surface area contributed by atoms with Gasteiger partial charge in [-0.25, -0.2) is 0 Å². The van der Waals surface area contributed by atoms with Gasteiger partial charge in [0.15, 0.2) is 11.0 Å². The zero-order valence-corrected chi connectivity index (χ0v) is 14.3. The van der Waals surface area contributed by atoms with Gasteiger partial charge in [-0.1, -0.05) is 23.9 Å². The standard InChI is InChI=1S/C17H16N4O3S/c1-24-14-7-3-2-6-13(14)21-16(12-5-4-9-18-11-12)19-20-17(21)25-10-8-15(22)23/h2-7,9,11H,8,10H2,1H3,(H,22,23). The second-order valence-electron chi connectivity index (χ2n) is 5.05. The first-order chi connectivity index (χ1) is 12.2. The SMILES string of the molecule is COc1ccccc1-n1c(SCCC(=O)O)nnc1-c1cccnc1. The predicted octanol–water partition coefficient (Wildman–Crippen LogP) is 2.90. The van der Waals surface area contributed by atoms with Gasteiger partial charge in [0, 0.05) is 23.7 Å². The van der Waals surface area contributed by atoms with Crippen LogP contribution in [0.4, 0.5) is 0 Å². The van der Waals surface area contributed by atoms with E-state index >= 15 is 0 Å². The predicted molar refractivity (Wildman–Crippen MR) is 94.1 cm³/mol. The first-order valence-corrected chi connectivity index (χ1v) is 8.53. The number of hydrogen-bond acceptors (Lipinski definition) is 6. The lowest BCUT2D eigenvalue weighted by Crippen LogP contribution is -2.03. The highest BCUT2D eigenvalue weighted by molar-refractivity contribution is 7.99. The zero-order chi connectivity index (χ0) is 17.6. The highest BCUT2D eigenvalue weighted by Crippen LogP contribution is 2.32. The first kappa shape index (κ1) is 17.0. The van der Waals surface area contributed by atoms with Crippen molar-refractivity contribution >= 4 is 17.7 Å². The van der Waals surface area contributed by atoms with Gasteiger partial charge in [0.1, 0.15) is 5.75 Å². The van der Waals surface area contributed by atoms with E-state index in [0.717, 1.165) is 11.3 Å². The summed E-state index contributed by atoms with van der Waals surface area (Å²) in [5.41, 5.74) is 1.60. The fourth-order valence-corrected chi connectivity index (χ4v) is 3.18. The monoisotopic (exact) mass is 356 g/mol. The molecule has 2 heterocycles. The molecule has 0 fully saturated rings. The number of thioether (sulfide) groups is 1. The molecule has 8 heteroatoms. The van der Waals surface area contributed by atoms with Gasteiger partial charge in [-0.05, 0) is 24.3 Å². The number of ether oxygens (including phenoxy) is 1. The fourth-order valence-electron chi connectivity index (χ4n) is 2.31. The van der Waals surface area contributed by atoms with Crippen molar-refractivity contribution in [3.63, 3.8) is 0 Å². The minimum Gasteiger partial charge on any atom is -0.495 e. The molecule has 0 saturated carbocycles. The summed E-state index contributed by atoms with van der Waals surface area (Å²) in [7, 11) is 1.60. The molecule has 0 amide bonds. The summed E-state index contributed by atoms with van der Waals surface area (Å²) in [6.45, 7) is 0. The molecule has 2 aromatic heterocycles. The molecule has 0 aliphatic carbocycles. The van der Waals surface area contributed by atoms with Gasteiger partial charge >= 0.3 is 5.97 Å². The Labute approximate surface area is 148 Å². The zero-order valence-electron chi connectivity index (χ0n) is 13.5. The van der Waals surface area contributed by atoms with E-state index in [2.05, 4.69) is 15.2 Å². The topological polar surface area (TPSA) is 90.1 Å². The average Bonchev–Trinajstić information content (AvgIpc) is 3.05. The molecule has 1 N–H and O–H groups in total. The minimum absolute atomic E-state index is 0.0473. The molecule has 0 aliphatic rings. The van der Waals surface area contributed by atoms with Crippen LogP contribution in [0.25, 0.3) is 17.1 Å². The van der Waals surface area contributed by atoms with E-state index in [1.54, 1.807) is 19.5 Å². The Morgan fingerprint density at radius 3 is 2.80 bits per heavy atom. The molecule has 0 unspecified atom stereocenters.